The van der Waals surface area contributed by atoms with Gasteiger partial charge in [0.25, 0.3) is 0 Å². The number of benzene rings is 2. The zero-order valence-corrected chi connectivity index (χ0v) is 13.1. The number of pyridine rings is 1. The van der Waals surface area contributed by atoms with Crippen LogP contribution in [0.25, 0.3) is 10.9 Å². The van der Waals surface area contributed by atoms with Gasteiger partial charge in [-0.3, -0.25) is 0 Å². The van der Waals surface area contributed by atoms with Crippen molar-refractivity contribution in [1.29, 1.82) is 0 Å². The first-order valence-corrected chi connectivity index (χ1v) is 7.47. The Bertz CT molecular complexity index is 802. The molecule has 0 saturated carbocycles. The van der Waals surface area contributed by atoms with Crippen LogP contribution in [0, 0.1) is 12.7 Å². The van der Waals surface area contributed by atoms with Crippen LogP contribution in [0.5, 0.6) is 0 Å². The van der Waals surface area contributed by atoms with Gasteiger partial charge in [-0.1, -0.05) is 34.1 Å². The largest absolute Gasteiger partial charge is 0.366 e. The predicted molar refractivity (Wildman–Crippen MR) is 87.9 cm³/mol. The maximum absolute atomic E-state index is 13.3. The summed E-state index contributed by atoms with van der Waals surface area (Å²) < 4.78 is 14.2. The Labute approximate surface area is 131 Å². The number of aromatic nitrogens is 1. The highest BCUT2D eigenvalue weighted by Crippen LogP contribution is 2.22. The van der Waals surface area contributed by atoms with Crippen LogP contribution < -0.4 is 5.32 Å². The van der Waals surface area contributed by atoms with Gasteiger partial charge in [-0.05, 0) is 48.4 Å². The van der Waals surface area contributed by atoms with Gasteiger partial charge in [-0.25, -0.2) is 9.37 Å². The van der Waals surface area contributed by atoms with Crippen molar-refractivity contribution >= 4 is 32.7 Å². The predicted octanol–water partition coefficient (Wildman–Crippen LogP) is 5.06. The molecular weight excluding hydrogens is 331 g/mol. The van der Waals surface area contributed by atoms with E-state index < -0.39 is 0 Å². The Balaban J connectivity index is 1.88. The molecule has 106 valence electrons. The highest BCUT2D eigenvalue weighted by atomic mass is 79.9. The quantitative estimate of drug-likeness (QED) is 0.718. The van der Waals surface area contributed by atoms with Crippen molar-refractivity contribution in [3.8, 4) is 0 Å². The number of halogens is 2. The summed E-state index contributed by atoms with van der Waals surface area (Å²) in [4.78, 5) is 4.62. The van der Waals surface area contributed by atoms with Crippen molar-refractivity contribution < 1.29 is 4.39 Å². The molecule has 0 aliphatic heterocycles. The molecule has 4 heteroatoms. The van der Waals surface area contributed by atoms with Crippen molar-refractivity contribution in [1.82, 2.24) is 4.98 Å². The Hall–Kier alpha value is -1.94. The van der Waals surface area contributed by atoms with Crippen molar-refractivity contribution in [3.63, 3.8) is 0 Å². The van der Waals surface area contributed by atoms with Crippen LogP contribution in [0.1, 0.15) is 11.1 Å². The molecule has 0 amide bonds. The van der Waals surface area contributed by atoms with E-state index in [4.69, 9.17) is 0 Å². The third-order valence-electron chi connectivity index (χ3n) is 3.37. The molecule has 0 atom stereocenters. The van der Waals surface area contributed by atoms with Crippen LogP contribution in [-0.4, -0.2) is 4.98 Å². The third kappa shape index (κ3) is 3.05. The molecule has 2 aromatic carbocycles. The van der Waals surface area contributed by atoms with Gasteiger partial charge in [0.05, 0.1) is 5.52 Å². The van der Waals surface area contributed by atoms with Gasteiger partial charge in [0.15, 0.2) is 0 Å². The van der Waals surface area contributed by atoms with Gasteiger partial charge < -0.3 is 5.32 Å². The van der Waals surface area contributed by atoms with Crippen LogP contribution in [0.3, 0.4) is 0 Å². The number of nitrogens with zero attached hydrogens (tertiary/aromatic N) is 1. The molecule has 0 radical (unpaired) electrons. The molecule has 1 aromatic heterocycles. The molecule has 3 rings (SSSR count). The Morgan fingerprint density at radius 1 is 1.14 bits per heavy atom. The van der Waals surface area contributed by atoms with Crippen molar-refractivity contribution in [3.05, 3.63) is 69.9 Å². The first kappa shape index (κ1) is 14.0. The lowest BCUT2D eigenvalue weighted by Crippen LogP contribution is -2.04. The van der Waals surface area contributed by atoms with Gasteiger partial charge in [-0.2, -0.15) is 0 Å². The highest BCUT2D eigenvalue weighted by Gasteiger charge is 2.05. The van der Waals surface area contributed by atoms with Crippen LogP contribution >= 0.6 is 15.9 Å². The molecule has 1 heterocycles. The van der Waals surface area contributed by atoms with Gasteiger partial charge in [0, 0.05) is 16.4 Å². The minimum atomic E-state index is -0.238. The molecule has 1 N–H and O–H groups in total. The molecule has 0 aliphatic carbocycles. The van der Waals surface area contributed by atoms with E-state index in [9.17, 15) is 4.39 Å². The molecule has 0 spiro atoms. The fourth-order valence-electron chi connectivity index (χ4n) is 2.26. The average molecular weight is 345 g/mol. The highest BCUT2D eigenvalue weighted by molar-refractivity contribution is 9.10. The molecule has 0 aliphatic rings. The molecule has 0 unspecified atom stereocenters. The van der Waals surface area contributed by atoms with Gasteiger partial charge in [-0.15, -0.1) is 0 Å². The average Bonchev–Trinajstić information content (AvgIpc) is 2.48. The van der Waals surface area contributed by atoms with Crippen molar-refractivity contribution in [2.75, 3.05) is 5.32 Å². The number of nitrogens with one attached hydrogen (secondary N) is 1. The number of hydrogen-bond donors (Lipinski definition) is 1. The summed E-state index contributed by atoms with van der Waals surface area (Å²) in [6.45, 7) is 2.53. The zero-order chi connectivity index (χ0) is 14.8. The van der Waals surface area contributed by atoms with Gasteiger partial charge in [0.2, 0.25) is 0 Å². The lowest BCUT2D eigenvalue weighted by Gasteiger charge is -2.11. The van der Waals surface area contributed by atoms with E-state index in [1.54, 1.807) is 6.07 Å². The van der Waals surface area contributed by atoms with Gasteiger partial charge >= 0.3 is 0 Å². The molecular formula is C17H14BrFN2. The number of anilines is 1. The Morgan fingerprint density at radius 3 is 2.81 bits per heavy atom. The lowest BCUT2D eigenvalue weighted by molar-refractivity contribution is 0.625. The van der Waals surface area contributed by atoms with E-state index in [-0.39, 0.29) is 5.82 Å². The number of para-hydroxylation sites is 1. The summed E-state index contributed by atoms with van der Waals surface area (Å²) in [5.74, 6) is 0.586. The fourth-order valence-corrected chi connectivity index (χ4v) is 2.65. The maximum atomic E-state index is 13.3. The SMILES string of the molecule is Cc1cc2ccccc2nc1NCc1cc(F)ccc1Br. The topological polar surface area (TPSA) is 24.9 Å². The molecule has 0 saturated heterocycles. The molecule has 3 aromatic rings. The minimum Gasteiger partial charge on any atom is -0.366 e. The summed E-state index contributed by atoms with van der Waals surface area (Å²) in [6.07, 6.45) is 0. The normalized spacial score (nSPS) is 10.8. The van der Waals surface area contributed by atoms with E-state index in [2.05, 4.69) is 32.3 Å². The van der Waals surface area contributed by atoms with Crippen molar-refractivity contribution in [2.24, 2.45) is 0 Å². The first-order valence-electron chi connectivity index (χ1n) is 6.68. The third-order valence-corrected chi connectivity index (χ3v) is 4.14. The number of aryl methyl sites for hydroxylation is 1. The Morgan fingerprint density at radius 2 is 1.95 bits per heavy atom. The Kier molecular flexibility index (Phi) is 3.88. The minimum absolute atomic E-state index is 0.238. The van der Waals surface area contributed by atoms with E-state index >= 15 is 0 Å². The summed E-state index contributed by atoms with van der Waals surface area (Å²) in [5, 5.41) is 4.40. The van der Waals surface area contributed by atoms with E-state index in [1.807, 2.05) is 31.2 Å². The fraction of sp³-hybridized carbons (Fsp3) is 0.118. The second kappa shape index (κ2) is 5.82. The number of rotatable bonds is 3. The van der Waals surface area contributed by atoms with E-state index in [0.29, 0.717) is 6.54 Å². The summed E-state index contributed by atoms with van der Waals surface area (Å²) >= 11 is 3.44. The second-order valence-corrected chi connectivity index (χ2v) is 5.79. The summed E-state index contributed by atoms with van der Waals surface area (Å²) in [5.41, 5.74) is 2.88. The number of fused-ring (bicyclic) bond motifs is 1. The maximum Gasteiger partial charge on any atom is 0.129 e. The van der Waals surface area contributed by atoms with E-state index in [1.165, 1.54) is 12.1 Å². The second-order valence-electron chi connectivity index (χ2n) is 4.94. The number of hydrogen-bond acceptors (Lipinski definition) is 2. The monoisotopic (exact) mass is 344 g/mol. The smallest absolute Gasteiger partial charge is 0.129 e. The molecule has 21 heavy (non-hydrogen) atoms. The van der Waals surface area contributed by atoms with Crippen molar-refractivity contribution in [2.45, 2.75) is 13.5 Å². The van der Waals surface area contributed by atoms with E-state index in [0.717, 1.165) is 32.3 Å². The molecule has 0 bridgehead atoms. The zero-order valence-electron chi connectivity index (χ0n) is 11.5. The molecule has 0 fully saturated rings. The first-order chi connectivity index (χ1) is 10.1. The van der Waals surface area contributed by atoms with Crippen LogP contribution in [-0.2, 0) is 6.54 Å². The standard InChI is InChI=1S/C17H14BrFN2/c1-11-8-12-4-2-3-5-16(12)21-17(11)20-10-13-9-14(19)6-7-15(13)18/h2-9H,10H2,1H3,(H,20,21). The van der Waals surface area contributed by atoms with Crippen LogP contribution in [0.15, 0.2) is 53.0 Å². The summed E-state index contributed by atoms with van der Waals surface area (Å²) in [7, 11) is 0. The van der Waals surface area contributed by atoms with Crippen LogP contribution in [0.2, 0.25) is 0 Å². The van der Waals surface area contributed by atoms with Gasteiger partial charge in [0.1, 0.15) is 11.6 Å². The molecule has 2 nitrogen and oxygen atoms in total. The summed E-state index contributed by atoms with van der Waals surface area (Å²) in [6, 6.07) is 14.8. The lowest BCUT2D eigenvalue weighted by atomic mass is 10.1. The van der Waals surface area contributed by atoms with Crippen LogP contribution in [0.4, 0.5) is 10.2 Å².